The molecule has 12 heteroatoms. The lowest BCUT2D eigenvalue weighted by molar-refractivity contribution is -0.145. The maximum atomic E-state index is 13.0. The molecule has 0 aliphatic heterocycles. The molecule has 4 N–H and O–H groups in total. The minimum Gasteiger partial charge on any atom is -1.00 e. The fraction of sp³-hybridized carbons (Fsp3) is 0.361. The van der Waals surface area contributed by atoms with Crippen molar-refractivity contribution in [2.45, 2.75) is 51.6 Å². The molecule has 0 radical (unpaired) electrons. The molecular formula is C36H47BrN3O6PS. The smallest absolute Gasteiger partial charge is 0.325 e. The number of unbranched alkanes of at least 4 members (excludes halogenated alkanes) is 1. The maximum absolute atomic E-state index is 13.0. The maximum Gasteiger partial charge on any atom is 0.325 e. The fourth-order valence-corrected chi connectivity index (χ4v) is 10.5. The second kappa shape index (κ2) is 22.3. The van der Waals surface area contributed by atoms with Gasteiger partial charge in [0.1, 0.15) is 41.8 Å². The quantitative estimate of drug-likeness (QED) is 0.0440. The number of amides is 2. The summed E-state index contributed by atoms with van der Waals surface area (Å²) < 4.78 is 9.81. The summed E-state index contributed by atoms with van der Waals surface area (Å²) in [6, 6.07) is 30.4. The number of nitrogens with one attached hydrogen (secondary N) is 2. The van der Waals surface area contributed by atoms with Crippen molar-refractivity contribution in [3.63, 3.8) is 0 Å². The highest BCUT2D eigenvalue weighted by Crippen LogP contribution is 2.55. The second-order valence-electron chi connectivity index (χ2n) is 10.8. The average Bonchev–Trinajstić information content (AvgIpc) is 3.10. The first-order valence-corrected chi connectivity index (χ1v) is 19.1. The van der Waals surface area contributed by atoms with Crippen LogP contribution in [0.1, 0.15) is 39.5 Å². The van der Waals surface area contributed by atoms with Gasteiger partial charge >= 0.3 is 11.9 Å². The molecule has 0 saturated carbocycles. The molecule has 0 aliphatic rings. The number of hydrogen-bond acceptors (Lipinski definition) is 7. The number of benzene rings is 3. The Morgan fingerprint density at radius 3 is 1.85 bits per heavy atom. The van der Waals surface area contributed by atoms with E-state index >= 15 is 0 Å². The third-order valence-corrected chi connectivity index (χ3v) is 13.1. The van der Waals surface area contributed by atoms with Crippen LogP contribution in [0.25, 0.3) is 0 Å². The largest absolute Gasteiger partial charge is 1.00 e. The van der Waals surface area contributed by atoms with E-state index < -0.39 is 43.1 Å². The number of thiol groups is 1. The van der Waals surface area contributed by atoms with Crippen molar-refractivity contribution in [1.82, 2.24) is 10.6 Å². The summed E-state index contributed by atoms with van der Waals surface area (Å²) in [5, 5.41) is 11.4. The van der Waals surface area contributed by atoms with Crippen molar-refractivity contribution in [3.05, 3.63) is 91.0 Å². The number of ether oxygens (including phenoxy) is 2. The number of halogens is 1. The van der Waals surface area contributed by atoms with Crippen molar-refractivity contribution in [3.8, 4) is 0 Å². The Balaban J connectivity index is 0.00000800. The summed E-state index contributed by atoms with van der Waals surface area (Å²) in [6.45, 7) is 3.47. The number of carbonyl (C=O) groups is 4. The lowest BCUT2D eigenvalue weighted by Gasteiger charge is -2.27. The number of esters is 2. The van der Waals surface area contributed by atoms with Gasteiger partial charge in [-0.25, -0.2) is 11.4 Å². The molecule has 0 bridgehead atoms. The van der Waals surface area contributed by atoms with Crippen LogP contribution < -0.4 is 49.3 Å². The third kappa shape index (κ3) is 12.6. The molecule has 260 valence electrons. The Morgan fingerprint density at radius 1 is 0.833 bits per heavy atom. The Kier molecular flexibility index (Phi) is 19.0. The van der Waals surface area contributed by atoms with Gasteiger partial charge in [0.25, 0.3) is 0 Å². The average molecular weight is 761 g/mol. The minimum absolute atomic E-state index is 0. The zero-order valence-electron chi connectivity index (χ0n) is 27.6. The SMILES string of the molecule is CCOC(=O)CNC(=O)C(C[SH]=CCCC[P+](c1ccccc1)(c1ccccc1)c1ccccc1)NC(=O)CCC(N)C(=O)OCC.[Br-]. The van der Waals surface area contributed by atoms with Crippen LogP contribution in [-0.4, -0.2) is 72.9 Å². The van der Waals surface area contributed by atoms with Crippen molar-refractivity contribution < 1.29 is 45.6 Å². The molecule has 3 aromatic rings. The Morgan fingerprint density at radius 2 is 1.35 bits per heavy atom. The highest BCUT2D eigenvalue weighted by molar-refractivity contribution is 7.97. The molecule has 0 saturated heterocycles. The van der Waals surface area contributed by atoms with E-state index in [2.05, 4.69) is 88.8 Å². The van der Waals surface area contributed by atoms with E-state index in [1.54, 1.807) is 13.8 Å². The van der Waals surface area contributed by atoms with E-state index in [9.17, 15) is 19.2 Å². The molecular weight excluding hydrogens is 713 g/mol. The zero-order valence-corrected chi connectivity index (χ0v) is 30.9. The van der Waals surface area contributed by atoms with Gasteiger partial charge in [0, 0.05) is 12.2 Å². The van der Waals surface area contributed by atoms with Crippen LogP contribution in [0.15, 0.2) is 91.0 Å². The predicted molar refractivity (Wildman–Crippen MR) is 195 cm³/mol. The predicted octanol–water partition coefficient (Wildman–Crippen LogP) is -0.133. The minimum atomic E-state index is -1.94. The Labute approximate surface area is 298 Å². The Bertz CT molecular complexity index is 1350. The van der Waals surface area contributed by atoms with Crippen LogP contribution in [0.3, 0.4) is 0 Å². The first-order valence-electron chi connectivity index (χ1n) is 16.0. The van der Waals surface area contributed by atoms with Crippen LogP contribution in [0.4, 0.5) is 0 Å². The normalized spacial score (nSPS) is 12.5. The van der Waals surface area contributed by atoms with Crippen molar-refractivity contribution in [2.75, 3.05) is 31.7 Å². The molecule has 2 atom stereocenters. The van der Waals surface area contributed by atoms with E-state index in [0.717, 1.165) is 30.4 Å². The molecule has 0 heterocycles. The van der Waals surface area contributed by atoms with Gasteiger partial charge in [0.2, 0.25) is 11.8 Å². The van der Waals surface area contributed by atoms with E-state index in [4.69, 9.17) is 15.2 Å². The summed E-state index contributed by atoms with van der Waals surface area (Å²) in [5.41, 5.74) is 5.83. The molecule has 0 aliphatic carbocycles. The van der Waals surface area contributed by atoms with Gasteiger partial charge in [-0.3, -0.25) is 19.2 Å². The lowest BCUT2D eigenvalue weighted by Crippen LogP contribution is -3.00. The molecule has 3 rings (SSSR count). The third-order valence-electron chi connectivity index (χ3n) is 7.47. The van der Waals surface area contributed by atoms with Gasteiger partial charge < -0.3 is 42.8 Å². The van der Waals surface area contributed by atoms with Crippen LogP contribution in [0, 0.1) is 0 Å². The molecule has 48 heavy (non-hydrogen) atoms. The first-order chi connectivity index (χ1) is 22.8. The summed E-state index contributed by atoms with van der Waals surface area (Å²) in [5.74, 6) is -1.71. The molecule has 0 spiro atoms. The molecule has 3 aromatic carbocycles. The van der Waals surface area contributed by atoms with E-state index in [0.29, 0.717) is 5.75 Å². The number of rotatable bonds is 19. The van der Waals surface area contributed by atoms with Gasteiger partial charge in [-0.15, -0.1) is 0 Å². The van der Waals surface area contributed by atoms with Gasteiger partial charge in [-0.1, -0.05) is 60.0 Å². The van der Waals surface area contributed by atoms with Gasteiger partial charge in [-0.2, -0.15) is 0 Å². The number of carbonyl (C=O) groups excluding carboxylic acids is 4. The summed E-state index contributed by atoms with van der Waals surface area (Å²) in [4.78, 5) is 49.4. The Hall–Kier alpha value is -3.37. The molecule has 0 aromatic heterocycles. The monoisotopic (exact) mass is 759 g/mol. The lowest BCUT2D eigenvalue weighted by atomic mass is 10.1. The van der Waals surface area contributed by atoms with Crippen molar-refractivity contribution >= 4 is 63.6 Å². The van der Waals surface area contributed by atoms with Gasteiger partial charge in [0.15, 0.2) is 0 Å². The van der Waals surface area contributed by atoms with Crippen molar-refractivity contribution in [1.29, 1.82) is 0 Å². The second-order valence-corrected chi connectivity index (χ2v) is 15.5. The van der Waals surface area contributed by atoms with E-state index in [1.807, 2.05) is 18.2 Å². The highest BCUT2D eigenvalue weighted by Gasteiger charge is 2.44. The number of nitrogens with two attached hydrogens (primary N) is 1. The molecule has 2 amide bonds. The van der Waals surface area contributed by atoms with Gasteiger partial charge in [0.05, 0.1) is 19.4 Å². The zero-order chi connectivity index (χ0) is 33.9. The fourth-order valence-electron chi connectivity index (χ4n) is 5.18. The van der Waals surface area contributed by atoms with Gasteiger partial charge in [-0.05, 0) is 69.5 Å². The van der Waals surface area contributed by atoms with Crippen molar-refractivity contribution in [2.24, 2.45) is 5.73 Å². The van der Waals surface area contributed by atoms with Crippen LogP contribution in [0.2, 0.25) is 0 Å². The van der Waals surface area contributed by atoms with Crippen LogP contribution in [-0.2, 0) is 28.7 Å². The molecule has 0 fully saturated rings. The highest BCUT2D eigenvalue weighted by atomic mass is 79.9. The topological polar surface area (TPSA) is 137 Å². The molecule has 2 unspecified atom stereocenters. The van der Waals surface area contributed by atoms with E-state index in [-0.39, 0.29) is 49.6 Å². The van der Waals surface area contributed by atoms with Crippen LogP contribution in [0.5, 0.6) is 0 Å². The summed E-state index contributed by atoms with van der Waals surface area (Å²) >= 11 is 0.867. The first kappa shape index (κ1) is 40.8. The van der Waals surface area contributed by atoms with Crippen LogP contribution >= 0.6 is 18.6 Å². The number of hydrogen-bond donors (Lipinski definition) is 4. The molecule has 9 nitrogen and oxygen atoms in total. The van der Waals surface area contributed by atoms with E-state index in [1.165, 1.54) is 15.9 Å². The summed E-state index contributed by atoms with van der Waals surface area (Å²) in [7, 11) is -1.94. The summed E-state index contributed by atoms with van der Waals surface area (Å²) in [6.07, 6.45) is 2.75. The standard InChI is InChI=1S/C36H46N3O6PS.BrH/c1-3-44-34(41)26-38-35(42)32(39-33(40)23-22-31(37)36(43)45-4-2)27-47-25-15-14-24-46(28-16-8-5-9-17-28,29-18-10-6-11-19-29)30-20-12-7-13-21-30;/h5-13,16-21,25,31-32,47H,3-4,14-15,22-24,26-27,37H2,1-2H3,(H-,38,39,40,42);1H.